The molecule has 2 rings (SSSR count). The Morgan fingerprint density at radius 3 is 2.56 bits per heavy atom. The average molecular weight is 231 g/mol. The molecule has 0 saturated heterocycles. The molecule has 0 atom stereocenters. The summed E-state index contributed by atoms with van der Waals surface area (Å²) >= 11 is 1.71. The van der Waals surface area contributed by atoms with Gasteiger partial charge in [-0.05, 0) is 24.3 Å². The summed E-state index contributed by atoms with van der Waals surface area (Å²) in [6.45, 7) is 4.28. The largest absolute Gasteiger partial charge is 0.264 e. The van der Waals surface area contributed by atoms with Crippen molar-refractivity contribution in [1.29, 1.82) is 0 Å². The summed E-state index contributed by atoms with van der Waals surface area (Å²) in [5.41, 5.74) is 1.86. The first-order chi connectivity index (χ1) is 7.75. The Bertz CT molecular complexity index is 440. The van der Waals surface area contributed by atoms with Gasteiger partial charge >= 0.3 is 0 Å². The topological polar surface area (TPSA) is 38.7 Å². The van der Waals surface area contributed by atoms with Crippen LogP contribution in [0.5, 0.6) is 0 Å². The minimum Gasteiger partial charge on any atom is -0.264 e. The van der Waals surface area contributed by atoms with E-state index >= 15 is 0 Å². The molecule has 0 aliphatic rings. The number of pyridine rings is 1. The summed E-state index contributed by atoms with van der Waals surface area (Å²) in [6.07, 6.45) is 3.54. The summed E-state index contributed by atoms with van der Waals surface area (Å²) in [6, 6.07) is 7.86. The van der Waals surface area contributed by atoms with Crippen LogP contribution in [0, 0.1) is 0 Å². The molecule has 0 unspecified atom stereocenters. The van der Waals surface area contributed by atoms with Crippen LogP contribution in [0.1, 0.15) is 13.8 Å². The van der Waals surface area contributed by atoms with Crippen molar-refractivity contribution in [2.45, 2.75) is 24.1 Å². The van der Waals surface area contributed by atoms with Crippen molar-refractivity contribution < 1.29 is 0 Å². The van der Waals surface area contributed by atoms with Crippen molar-refractivity contribution in [3.8, 4) is 11.3 Å². The minimum atomic E-state index is 0.526. The number of thioether (sulfide) groups is 1. The Hall–Kier alpha value is -1.42. The van der Waals surface area contributed by atoms with E-state index in [1.807, 2.05) is 24.3 Å². The molecule has 0 radical (unpaired) electrons. The third kappa shape index (κ3) is 2.79. The fraction of sp³-hybridized carbons (Fsp3) is 0.250. The zero-order valence-corrected chi connectivity index (χ0v) is 10.1. The smallest absolute Gasteiger partial charge is 0.119 e. The lowest BCUT2D eigenvalue weighted by Crippen LogP contribution is -1.93. The van der Waals surface area contributed by atoms with Gasteiger partial charge in [-0.1, -0.05) is 13.8 Å². The molecule has 82 valence electrons. The minimum absolute atomic E-state index is 0.526. The first kappa shape index (κ1) is 11.1. The van der Waals surface area contributed by atoms with Gasteiger partial charge in [-0.2, -0.15) is 0 Å². The first-order valence-electron chi connectivity index (χ1n) is 5.16. The van der Waals surface area contributed by atoms with Crippen molar-refractivity contribution in [1.82, 2.24) is 15.2 Å². The predicted molar refractivity (Wildman–Crippen MR) is 66.3 cm³/mol. The second kappa shape index (κ2) is 5.07. The lowest BCUT2D eigenvalue weighted by atomic mass is 10.2. The summed E-state index contributed by atoms with van der Waals surface area (Å²) in [5.74, 6) is 0. The fourth-order valence-corrected chi connectivity index (χ4v) is 2.01. The Kier molecular flexibility index (Phi) is 3.51. The van der Waals surface area contributed by atoms with E-state index in [4.69, 9.17) is 0 Å². The molecule has 2 aromatic heterocycles. The Balaban J connectivity index is 2.20. The van der Waals surface area contributed by atoms with E-state index in [0.717, 1.165) is 16.3 Å². The van der Waals surface area contributed by atoms with E-state index in [1.54, 1.807) is 24.2 Å². The second-order valence-electron chi connectivity index (χ2n) is 3.67. The van der Waals surface area contributed by atoms with Crippen LogP contribution >= 0.6 is 11.8 Å². The van der Waals surface area contributed by atoms with Crippen LogP contribution in [0.2, 0.25) is 0 Å². The summed E-state index contributed by atoms with van der Waals surface area (Å²) in [7, 11) is 0. The number of nitrogens with zero attached hydrogens (tertiary/aromatic N) is 3. The van der Waals surface area contributed by atoms with Gasteiger partial charge in [-0.3, -0.25) is 4.98 Å². The molecule has 2 aromatic rings. The zero-order valence-electron chi connectivity index (χ0n) is 9.29. The van der Waals surface area contributed by atoms with Crippen LogP contribution < -0.4 is 0 Å². The molecule has 0 amide bonds. The lowest BCUT2D eigenvalue weighted by molar-refractivity contribution is 0.928. The van der Waals surface area contributed by atoms with Crippen molar-refractivity contribution in [2.24, 2.45) is 0 Å². The molecule has 4 heteroatoms. The van der Waals surface area contributed by atoms with E-state index in [0.29, 0.717) is 5.25 Å². The zero-order chi connectivity index (χ0) is 11.4. The van der Waals surface area contributed by atoms with E-state index < -0.39 is 0 Å². The molecule has 0 aromatic carbocycles. The van der Waals surface area contributed by atoms with Crippen LogP contribution in [0.15, 0.2) is 41.7 Å². The van der Waals surface area contributed by atoms with Crippen molar-refractivity contribution in [3.05, 3.63) is 36.7 Å². The normalized spacial score (nSPS) is 10.7. The Labute approximate surface area is 99.3 Å². The maximum atomic E-state index is 4.19. The van der Waals surface area contributed by atoms with Gasteiger partial charge in [-0.15, -0.1) is 22.0 Å². The van der Waals surface area contributed by atoms with Gasteiger partial charge in [0.2, 0.25) is 0 Å². The Morgan fingerprint density at radius 1 is 1.12 bits per heavy atom. The lowest BCUT2D eigenvalue weighted by Gasteiger charge is -2.03. The molecule has 2 heterocycles. The van der Waals surface area contributed by atoms with Gasteiger partial charge in [0.05, 0.1) is 5.69 Å². The van der Waals surface area contributed by atoms with Crippen molar-refractivity contribution in [3.63, 3.8) is 0 Å². The molecule has 0 fully saturated rings. The summed E-state index contributed by atoms with van der Waals surface area (Å²) < 4.78 is 0. The molecule has 3 nitrogen and oxygen atoms in total. The van der Waals surface area contributed by atoms with Gasteiger partial charge in [0.1, 0.15) is 5.03 Å². The standard InChI is InChI=1S/C12H13N3S/c1-9(2)16-12-6-5-11(14-15-12)10-4-3-7-13-8-10/h3-9H,1-2H3. The highest BCUT2D eigenvalue weighted by atomic mass is 32.2. The molecule has 0 spiro atoms. The quantitative estimate of drug-likeness (QED) is 0.761. The average Bonchev–Trinajstić information content (AvgIpc) is 2.30. The summed E-state index contributed by atoms with van der Waals surface area (Å²) in [4.78, 5) is 4.06. The number of hydrogen-bond donors (Lipinski definition) is 0. The predicted octanol–water partition coefficient (Wildman–Crippen LogP) is 3.04. The highest BCUT2D eigenvalue weighted by Gasteiger charge is 2.02. The number of aromatic nitrogens is 3. The van der Waals surface area contributed by atoms with E-state index in [9.17, 15) is 0 Å². The highest BCUT2D eigenvalue weighted by Crippen LogP contribution is 2.21. The molecule has 16 heavy (non-hydrogen) atoms. The second-order valence-corrected chi connectivity index (χ2v) is 5.26. The van der Waals surface area contributed by atoms with Crippen molar-refractivity contribution in [2.75, 3.05) is 0 Å². The molecular weight excluding hydrogens is 218 g/mol. The number of rotatable bonds is 3. The molecule has 0 bridgehead atoms. The highest BCUT2D eigenvalue weighted by molar-refractivity contribution is 7.99. The summed E-state index contributed by atoms with van der Waals surface area (Å²) in [5, 5.41) is 9.86. The van der Waals surface area contributed by atoms with Crippen LogP contribution in [-0.4, -0.2) is 20.4 Å². The van der Waals surface area contributed by atoms with Crippen molar-refractivity contribution >= 4 is 11.8 Å². The van der Waals surface area contributed by atoms with E-state index in [1.165, 1.54) is 0 Å². The van der Waals surface area contributed by atoms with Crippen LogP contribution in [-0.2, 0) is 0 Å². The van der Waals surface area contributed by atoms with E-state index in [-0.39, 0.29) is 0 Å². The van der Waals surface area contributed by atoms with Crippen LogP contribution in [0.3, 0.4) is 0 Å². The molecule has 0 saturated carbocycles. The number of hydrogen-bond acceptors (Lipinski definition) is 4. The fourth-order valence-electron chi connectivity index (χ4n) is 1.29. The Morgan fingerprint density at radius 2 is 2.00 bits per heavy atom. The maximum absolute atomic E-state index is 4.19. The van der Waals surface area contributed by atoms with Gasteiger partial charge in [-0.25, -0.2) is 0 Å². The third-order valence-corrected chi connectivity index (χ3v) is 2.88. The van der Waals surface area contributed by atoms with Crippen LogP contribution in [0.25, 0.3) is 11.3 Å². The molecule has 0 aliphatic heterocycles. The maximum Gasteiger partial charge on any atom is 0.119 e. The van der Waals surface area contributed by atoms with Crippen LogP contribution in [0.4, 0.5) is 0 Å². The third-order valence-electron chi connectivity index (χ3n) is 1.95. The van der Waals surface area contributed by atoms with Gasteiger partial charge in [0.25, 0.3) is 0 Å². The van der Waals surface area contributed by atoms with Gasteiger partial charge in [0.15, 0.2) is 0 Å². The van der Waals surface area contributed by atoms with Gasteiger partial charge in [0, 0.05) is 23.2 Å². The molecule has 0 aliphatic carbocycles. The molecule has 0 N–H and O–H groups in total. The van der Waals surface area contributed by atoms with Gasteiger partial charge < -0.3 is 0 Å². The SMILES string of the molecule is CC(C)Sc1ccc(-c2cccnc2)nn1. The molecular formula is C12H13N3S. The first-order valence-corrected chi connectivity index (χ1v) is 6.04. The van der Waals surface area contributed by atoms with E-state index in [2.05, 4.69) is 29.0 Å². The monoisotopic (exact) mass is 231 g/mol.